The quantitative estimate of drug-likeness (QED) is 0.430. The first-order chi connectivity index (χ1) is 15.8. The molecule has 0 spiro atoms. The number of esters is 1. The highest BCUT2D eigenvalue weighted by molar-refractivity contribution is 5.67. The zero-order chi connectivity index (χ0) is 24.7. The van der Waals surface area contributed by atoms with Gasteiger partial charge in [0.2, 0.25) is 0 Å². The third-order valence-electron chi connectivity index (χ3n) is 11.2. The molecule has 3 heteroatoms. The van der Waals surface area contributed by atoms with E-state index in [1.165, 1.54) is 43.2 Å². The van der Waals surface area contributed by atoms with Gasteiger partial charge in [0.15, 0.2) is 0 Å². The van der Waals surface area contributed by atoms with Crippen LogP contribution >= 0.6 is 0 Å². The maximum atomic E-state index is 12.5. The fourth-order valence-electron chi connectivity index (χ4n) is 9.91. The number of carbonyl (C=O) groups is 1. The third-order valence-corrected chi connectivity index (χ3v) is 11.2. The molecule has 5 rings (SSSR count). The number of hydrogen-bond donors (Lipinski definition) is 0. The molecule has 0 N–H and O–H groups in total. The summed E-state index contributed by atoms with van der Waals surface area (Å²) in [6.45, 7) is 19.8. The highest BCUT2D eigenvalue weighted by Crippen LogP contribution is 2.72. The lowest BCUT2D eigenvalue weighted by Gasteiger charge is -2.69. The third kappa shape index (κ3) is 3.31. The molecule has 4 aliphatic rings. The Labute approximate surface area is 207 Å². The second-order valence-electron chi connectivity index (χ2n) is 14.2. The van der Waals surface area contributed by atoms with Gasteiger partial charge in [0.25, 0.3) is 0 Å². The van der Waals surface area contributed by atoms with Crippen LogP contribution in [-0.4, -0.2) is 16.6 Å². The van der Waals surface area contributed by atoms with Crippen molar-refractivity contribution in [3.63, 3.8) is 0 Å². The number of ether oxygens (including phenoxy) is 1. The zero-order valence-electron chi connectivity index (χ0n) is 22.9. The van der Waals surface area contributed by atoms with Gasteiger partial charge in [0.05, 0.1) is 0 Å². The molecule has 0 radical (unpaired) electrons. The van der Waals surface area contributed by atoms with Gasteiger partial charge in [0.1, 0.15) is 6.10 Å². The summed E-state index contributed by atoms with van der Waals surface area (Å²) < 4.78 is 8.67. The second-order valence-corrected chi connectivity index (χ2v) is 14.2. The lowest BCUT2D eigenvalue weighted by atomic mass is 9.36. The Bertz CT molecular complexity index is 1000. The van der Waals surface area contributed by atoms with Gasteiger partial charge < -0.3 is 9.30 Å². The van der Waals surface area contributed by atoms with Gasteiger partial charge in [-0.05, 0) is 83.1 Å². The minimum Gasteiger partial charge on any atom is -0.462 e. The van der Waals surface area contributed by atoms with E-state index in [0.29, 0.717) is 28.6 Å². The molecule has 3 nitrogen and oxygen atoms in total. The average molecular weight is 466 g/mol. The Kier molecular flexibility index (Phi) is 5.51. The van der Waals surface area contributed by atoms with Gasteiger partial charge in [-0.1, -0.05) is 67.0 Å². The van der Waals surface area contributed by atoms with Crippen molar-refractivity contribution >= 4 is 12.0 Å². The Balaban J connectivity index is 1.62. The summed E-state index contributed by atoms with van der Waals surface area (Å²) >= 11 is 0. The van der Waals surface area contributed by atoms with Crippen molar-refractivity contribution in [2.45, 2.75) is 112 Å². The number of nitrogens with zero attached hydrogens (tertiary/aromatic N) is 1. The van der Waals surface area contributed by atoms with Crippen LogP contribution in [0.4, 0.5) is 0 Å². The summed E-state index contributed by atoms with van der Waals surface area (Å²) in [5.74, 6) is 2.18. The molecule has 1 heterocycles. The summed E-state index contributed by atoms with van der Waals surface area (Å²) in [6, 6.07) is 0. The predicted molar refractivity (Wildman–Crippen MR) is 139 cm³/mol. The van der Waals surface area contributed by atoms with E-state index in [1.807, 2.05) is 0 Å². The zero-order valence-corrected chi connectivity index (χ0v) is 22.9. The predicted octanol–water partition coefficient (Wildman–Crippen LogP) is 7.63. The summed E-state index contributed by atoms with van der Waals surface area (Å²) in [5.41, 5.74) is 3.46. The number of fused-ring (bicyclic) bond motifs is 7. The number of hydrogen-bond acceptors (Lipinski definition) is 2. The van der Waals surface area contributed by atoms with Gasteiger partial charge in [-0.3, -0.25) is 4.79 Å². The SMILES string of the molecule is CC(=O)O[C@@H]1C[C@H]2[C@]3(C)CCCC(C)(C)[C@H]3CC[C@@]2(C)[C@H]2C=Cc3cn(CC(C)C)cc3[C@]21C. The molecular weight excluding hydrogens is 418 g/mol. The molecular formula is C31H47NO2. The van der Waals surface area contributed by atoms with Crippen LogP contribution in [0.3, 0.4) is 0 Å². The maximum Gasteiger partial charge on any atom is 0.302 e. The molecule has 7 atom stereocenters. The van der Waals surface area contributed by atoms with Crippen LogP contribution in [0.25, 0.3) is 6.08 Å². The van der Waals surface area contributed by atoms with Crippen LogP contribution in [0, 0.1) is 39.9 Å². The molecule has 188 valence electrons. The Morgan fingerprint density at radius 1 is 1.06 bits per heavy atom. The normalized spacial score (nSPS) is 42.4. The van der Waals surface area contributed by atoms with Crippen molar-refractivity contribution in [3.8, 4) is 0 Å². The van der Waals surface area contributed by atoms with Crippen molar-refractivity contribution < 1.29 is 9.53 Å². The van der Waals surface area contributed by atoms with Gasteiger partial charge in [-0.15, -0.1) is 0 Å². The molecule has 1 aromatic rings. The first-order valence-corrected chi connectivity index (χ1v) is 13.9. The van der Waals surface area contributed by atoms with E-state index in [0.717, 1.165) is 18.9 Å². The largest absolute Gasteiger partial charge is 0.462 e. The molecule has 4 aliphatic carbocycles. The fraction of sp³-hybridized carbons (Fsp3) is 0.774. The van der Waals surface area contributed by atoms with Crippen molar-refractivity contribution in [3.05, 3.63) is 29.6 Å². The standard InChI is InChI=1S/C31H47NO2/c1-20(2)17-32-18-22-10-11-25-30(7)15-12-24-28(4,5)13-9-14-29(24,6)26(30)16-27(34-21(3)33)31(25,8)23(22)19-32/h10-11,18-20,24-27H,9,12-17H2,1-8H3/t24-,25-,26+,27-,29-,30+,31-/m1/s1. The molecule has 0 unspecified atom stereocenters. The van der Waals surface area contributed by atoms with Crippen molar-refractivity contribution in [2.24, 2.45) is 39.9 Å². The molecule has 1 aromatic heterocycles. The topological polar surface area (TPSA) is 31.2 Å². The lowest BCUT2D eigenvalue weighted by molar-refractivity contribution is -0.205. The van der Waals surface area contributed by atoms with Crippen LogP contribution in [0.15, 0.2) is 18.5 Å². The summed E-state index contributed by atoms with van der Waals surface area (Å²) in [4.78, 5) is 12.5. The van der Waals surface area contributed by atoms with E-state index in [9.17, 15) is 4.79 Å². The number of carbonyl (C=O) groups excluding carboxylic acids is 1. The molecule has 0 amide bonds. The van der Waals surface area contributed by atoms with Crippen LogP contribution in [0.1, 0.15) is 105 Å². The van der Waals surface area contributed by atoms with Crippen molar-refractivity contribution in [1.29, 1.82) is 0 Å². The highest BCUT2D eigenvalue weighted by Gasteiger charge is 2.67. The van der Waals surface area contributed by atoms with E-state index in [1.54, 1.807) is 6.92 Å². The van der Waals surface area contributed by atoms with Crippen LogP contribution < -0.4 is 0 Å². The molecule has 3 saturated carbocycles. The molecule has 3 fully saturated rings. The first-order valence-electron chi connectivity index (χ1n) is 13.9. The van der Waals surface area contributed by atoms with Crippen LogP contribution in [0.5, 0.6) is 0 Å². The first kappa shape index (κ1) is 24.2. The van der Waals surface area contributed by atoms with E-state index in [4.69, 9.17) is 4.74 Å². The fourth-order valence-corrected chi connectivity index (χ4v) is 9.91. The van der Waals surface area contributed by atoms with Crippen molar-refractivity contribution in [2.75, 3.05) is 0 Å². The van der Waals surface area contributed by atoms with E-state index < -0.39 is 0 Å². The Hall–Kier alpha value is -1.51. The van der Waals surface area contributed by atoms with E-state index >= 15 is 0 Å². The summed E-state index contributed by atoms with van der Waals surface area (Å²) in [5, 5.41) is 0. The second kappa shape index (κ2) is 7.74. The molecule has 0 bridgehead atoms. The maximum absolute atomic E-state index is 12.5. The molecule has 0 saturated heterocycles. The van der Waals surface area contributed by atoms with Gasteiger partial charge in [-0.2, -0.15) is 0 Å². The van der Waals surface area contributed by atoms with Gasteiger partial charge in [0, 0.05) is 31.3 Å². The van der Waals surface area contributed by atoms with Crippen LogP contribution in [-0.2, 0) is 21.5 Å². The lowest BCUT2D eigenvalue weighted by Crippen LogP contribution is -2.66. The smallest absolute Gasteiger partial charge is 0.302 e. The molecule has 34 heavy (non-hydrogen) atoms. The van der Waals surface area contributed by atoms with E-state index in [2.05, 4.69) is 77.6 Å². The monoisotopic (exact) mass is 465 g/mol. The highest BCUT2D eigenvalue weighted by atomic mass is 16.5. The summed E-state index contributed by atoms with van der Waals surface area (Å²) in [6.07, 6.45) is 17.1. The Morgan fingerprint density at radius 3 is 2.47 bits per heavy atom. The number of rotatable bonds is 3. The van der Waals surface area contributed by atoms with Gasteiger partial charge in [-0.25, -0.2) is 0 Å². The molecule has 0 aromatic carbocycles. The van der Waals surface area contributed by atoms with Crippen LogP contribution in [0.2, 0.25) is 0 Å². The minimum atomic E-state index is -0.184. The summed E-state index contributed by atoms with van der Waals surface area (Å²) in [7, 11) is 0. The molecule has 0 aliphatic heterocycles. The average Bonchev–Trinajstić information content (AvgIpc) is 3.11. The Morgan fingerprint density at radius 2 is 1.79 bits per heavy atom. The van der Waals surface area contributed by atoms with Crippen molar-refractivity contribution in [1.82, 2.24) is 4.57 Å². The number of allylic oxidation sites excluding steroid dienone is 1. The minimum absolute atomic E-state index is 0.0766. The van der Waals surface area contributed by atoms with Gasteiger partial charge >= 0.3 is 5.97 Å². The van der Waals surface area contributed by atoms with E-state index in [-0.39, 0.29) is 22.9 Å². The number of aromatic nitrogens is 1.